The number of nitrogens with one attached hydrogen (secondary N) is 1. The van der Waals surface area contributed by atoms with Crippen molar-refractivity contribution in [2.75, 3.05) is 5.32 Å². The number of fused-ring (bicyclic) bond motifs is 1. The second kappa shape index (κ2) is 7.49. The van der Waals surface area contributed by atoms with Crippen LogP contribution < -0.4 is 5.32 Å². The van der Waals surface area contributed by atoms with Gasteiger partial charge in [0.1, 0.15) is 5.82 Å². The Kier molecular flexibility index (Phi) is 5.01. The second-order valence-corrected chi connectivity index (χ2v) is 6.91. The molecule has 3 aromatic rings. The molecule has 2 aromatic carbocycles. The summed E-state index contributed by atoms with van der Waals surface area (Å²) in [4.78, 5) is 1.60. The van der Waals surface area contributed by atoms with E-state index in [1.54, 1.807) is 23.1 Å². The summed E-state index contributed by atoms with van der Waals surface area (Å²) in [5.74, 6) is -4.52. The fraction of sp³-hybridized carbons (Fsp3) is 0.250. The number of aliphatic hydroxyl groups is 1. The molecule has 9 heteroatoms. The first-order chi connectivity index (χ1) is 13.8. The highest BCUT2D eigenvalue weighted by molar-refractivity contribution is 5.63. The summed E-state index contributed by atoms with van der Waals surface area (Å²) in [5.41, 5.74) is 1.40. The largest absolute Gasteiger partial charge is 0.361 e. The Morgan fingerprint density at radius 1 is 1.14 bits per heavy atom. The number of aliphatic hydroxyl groups excluding tert-OH is 1. The molecule has 0 fully saturated rings. The molecule has 0 saturated carbocycles. The molecule has 1 aliphatic rings. The van der Waals surface area contributed by atoms with Gasteiger partial charge >= 0.3 is 0 Å². The number of hydrogen-bond acceptors (Lipinski definition) is 5. The summed E-state index contributed by atoms with van der Waals surface area (Å²) in [6.07, 6.45) is -0.927. The first-order valence-corrected chi connectivity index (χ1v) is 8.92. The van der Waals surface area contributed by atoms with E-state index in [1.807, 2.05) is 6.92 Å². The Labute approximate surface area is 163 Å². The van der Waals surface area contributed by atoms with Gasteiger partial charge < -0.3 is 14.9 Å². The van der Waals surface area contributed by atoms with Gasteiger partial charge in [0, 0.05) is 42.4 Å². The van der Waals surface area contributed by atoms with E-state index in [-0.39, 0.29) is 29.6 Å². The summed E-state index contributed by atoms with van der Waals surface area (Å²) in [6.45, 7) is 1.99. The van der Waals surface area contributed by atoms with Crippen molar-refractivity contribution >= 4 is 5.69 Å². The SMILES string of the molecule is CC1Cc2noc(-c3ccccc3F)c2CN1C(O)Nc1cc(F)c(F)c(F)c1. The van der Waals surface area contributed by atoms with Gasteiger partial charge in [-0.2, -0.15) is 0 Å². The molecule has 0 amide bonds. The maximum atomic E-state index is 14.2. The van der Waals surface area contributed by atoms with E-state index in [0.29, 0.717) is 17.7 Å². The van der Waals surface area contributed by atoms with Crippen LogP contribution in [0, 0.1) is 23.3 Å². The monoisotopic (exact) mass is 407 g/mol. The standard InChI is InChI=1S/C20H17F4N3O2/c1-10-6-17-13(19(29-26-17)12-4-2-3-5-14(12)21)9-27(10)20(28)25-11-7-15(22)18(24)16(23)8-11/h2-5,7-8,10,20,25,28H,6,9H2,1H3. The van der Waals surface area contributed by atoms with Crippen molar-refractivity contribution in [2.24, 2.45) is 0 Å². The molecule has 4 rings (SSSR count). The van der Waals surface area contributed by atoms with Crippen LogP contribution in [0.15, 0.2) is 40.9 Å². The van der Waals surface area contributed by atoms with Gasteiger partial charge in [-0.3, -0.25) is 4.90 Å². The highest BCUT2D eigenvalue weighted by Gasteiger charge is 2.33. The van der Waals surface area contributed by atoms with E-state index in [1.165, 1.54) is 6.07 Å². The van der Waals surface area contributed by atoms with Crippen LogP contribution in [0.5, 0.6) is 0 Å². The van der Waals surface area contributed by atoms with Crippen molar-refractivity contribution in [1.29, 1.82) is 0 Å². The van der Waals surface area contributed by atoms with E-state index in [4.69, 9.17) is 4.52 Å². The normalized spacial score (nSPS) is 17.8. The first-order valence-electron chi connectivity index (χ1n) is 8.92. The van der Waals surface area contributed by atoms with Crippen molar-refractivity contribution < 1.29 is 27.2 Å². The molecule has 0 aliphatic carbocycles. The molecule has 0 saturated heterocycles. The molecule has 0 spiro atoms. The molecular weight excluding hydrogens is 390 g/mol. The Hall–Kier alpha value is -2.91. The Morgan fingerprint density at radius 2 is 1.83 bits per heavy atom. The minimum Gasteiger partial charge on any atom is -0.361 e. The number of anilines is 1. The van der Waals surface area contributed by atoms with Gasteiger partial charge in [-0.25, -0.2) is 17.6 Å². The van der Waals surface area contributed by atoms with Crippen molar-refractivity contribution in [1.82, 2.24) is 10.1 Å². The van der Waals surface area contributed by atoms with Gasteiger partial charge in [-0.1, -0.05) is 17.3 Å². The van der Waals surface area contributed by atoms with Crippen LogP contribution in [0.25, 0.3) is 11.3 Å². The van der Waals surface area contributed by atoms with Crippen LogP contribution in [0.1, 0.15) is 18.2 Å². The molecule has 29 heavy (non-hydrogen) atoms. The molecule has 1 aromatic heterocycles. The van der Waals surface area contributed by atoms with Gasteiger partial charge in [-0.05, 0) is 19.1 Å². The molecule has 2 unspecified atom stereocenters. The molecule has 2 heterocycles. The summed E-state index contributed by atoms with van der Waals surface area (Å²) >= 11 is 0. The summed E-state index contributed by atoms with van der Waals surface area (Å²) in [6, 6.07) is 7.41. The van der Waals surface area contributed by atoms with Crippen LogP contribution in [0.2, 0.25) is 0 Å². The summed E-state index contributed by atoms with van der Waals surface area (Å²) in [7, 11) is 0. The van der Waals surface area contributed by atoms with Gasteiger partial charge in [-0.15, -0.1) is 0 Å². The summed E-state index contributed by atoms with van der Waals surface area (Å²) in [5, 5.41) is 17.2. The zero-order valence-electron chi connectivity index (χ0n) is 15.3. The van der Waals surface area contributed by atoms with Crippen LogP contribution in [0.4, 0.5) is 23.2 Å². The highest BCUT2D eigenvalue weighted by Crippen LogP contribution is 2.34. The molecule has 0 bridgehead atoms. The average Bonchev–Trinajstić information content (AvgIpc) is 3.08. The topological polar surface area (TPSA) is 61.5 Å². The molecule has 0 radical (unpaired) electrons. The zero-order chi connectivity index (χ0) is 20.7. The highest BCUT2D eigenvalue weighted by atomic mass is 19.2. The average molecular weight is 407 g/mol. The number of benzene rings is 2. The molecular formula is C20H17F4N3O2. The van der Waals surface area contributed by atoms with Gasteiger partial charge in [0.25, 0.3) is 0 Å². The number of hydrogen-bond donors (Lipinski definition) is 2. The fourth-order valence-corrected chi connectivity index (χ4v) is 3.46. The lowest BCUT2D eigenvalue weighted by Crippen LogP contribution is -2.48. The van der Waals surface area contributed by atoms with Crippen LogP contribution in [-0.4, -0.2) is 27.6 Å². The van der Waals surface area contributed by atoms with E-state index in [2.05, 4.69) is 10.5 Å². The smallest absolute Gasteiger partial charge is 0.194 e. The predicted molar refractivity (Wildman–Crippen MR) is 96.6 cm³/mol. The van der Waals surface area contributed by atoms with Gasteiger partial charge in [0.2, 0.25) is 0 Å². The third-order valence-corrected chi connectivity index (χ3v) is 4.98. The first kappa shape index (κ1) is 19.4. The van der Waals surface area contributed by atoms with E-state index in [0.717, 1.165) is 12.1 Å². The predicted octanol–water partition coefficient (Wildman–Crippen LogP) is 4.03. The third-order valence-electron chi connectivity index (χ3n) is 4.98. The molecule has 5 nitrogen and oxygen atoms in total. The van der Waals surface area contributed by atoms with E-state index in [9.17, 15) is 22.7 Å². The van der Waals surface area contributed by atoms with Crippen molar-refractivity contribution in [2.45, 2.75) is 32.3 Å². The van der Waals surface area contributed by atoms with Crippen molar-refractivity contribution in [3.05, 3.63) is 70.9 Å². The number of halogens is 4. The number of aromatic nitrogens is 1. The number of nitrogens with zero attached hydrogens (tertiary/aromatic N) is 2. The maximum Gasteiger partial charge on any atom is 0.194 e. The zero-order valence-corrected chi connectivity index (χ0v) is 15.3. The van der Waals surface area contributed by atoms with Crippen LogP contribution >= 0.6 is 0 Å². The van der Waals surface area contributed by atoms with Crippen molar-refractivity contribution in [3.8, 4) is 11.3 Å². The lowest BCUT2D eigenvalue weighted by Gasteiger charge is -2.36. The summed E-state index contributed by atoms with van der Waals surface area (Å²) < 4.78 is 59.6. The minimum absolute atomic E-state index is 0.119. The van der Waals surface area contributed by atoms with E-state index >= 15 is 0 Å². The van der Waals surface area contributed by atoms with Gasteiger partial charge in [0.15, 0.2) is 29.6 Å². The lowest BCUT2D eigenvalue weighted by atomic mass is 9.97. The Morgan fingerprint density at radius 3 is 2.52 bits per heavy atom. The van der Waals surface area contributed by atoms with Crippen LogP contribution in [0.3, 0.4) is 0 Å². The Balaban J connectivity index is 1.60. The molecule has 2 N–H and O–H groups in total. The number of rotatable bonds is 4. The van der Waals surface area contributed by atoms with Crippen molar-refractivity contribution in [3.63, 3.8) is 0 Å². The molecule has 1 aliphatic heterocycles. The third kappa shape index (κ3) is 3.58. The Bertz CT molecular complexity index is 1030. The second-order valence-electron chi connectivity index (χ2n) is 6.91. The maximum absolute atomic E-state index is 14.2. The quantitative estimate of drug-likeness (QED) is 0.389. The fourth-order valence-electron chi connectivity index (χ4n) is 3.46. The lowest BCUT2D eigenvalue weighted by molar-refractivity contribution is -0.0120. The van der Waals surface area contributed by atoms with E-state index < -0.39 is 29.6 Å². The van der Waals surface area contributed by atoms with Gasteiger partial charge in [0.05, 0.1) is 11.3 Å². The minimum atomic E-state index is -1.58. The molecule has 152 valence electrons. The van der Waals surface area contributed by atoms with Crippen LogP contribution in [-0.2, 0) is 13.0 Å². The molecule has 2 atom stereocenters.